The molecular formula is C64H99ClN14O10. The van der Waals surface area contributed by atoms with E-state index in [2.05, 4.69) is 46.7 Å². The number of aliphatic carboxylic acids is 1. The molecule has 2 saturated heterocycles. The number of urea groups is 1. The number of hydrogen-bond donors (Lipinski definition) is 4. The van der Waals surface area contributed by atoms with Gasteiger partial charge >= 0.3 is 35.5 Å². The van der Waals surface area contributed by atoms with Gasteiger partial charge in [-0.15, -0.1) is 0 Å². The number of nitrogens with zero attached hydrogens (tertiary/aromatic N) is 11. The SMILES string of the molecule is CCN(CC)c1ncc(N(CC)C(=O)Cl)c(N[C@@H](Cc2ccc(OC(=O)N3CCCC3)cc2)C(=O)OC(C)(C)C)n1.CCN(CC)c1ncc(N(CC)C(=O)N(CC)C(C)C)c(N[C@@H](Cc2ccc(OC(=O)N3CCCC3)cc2)C(=O)O)n1.CCNC(C)C. The van der Waals surface area contributed by atoms with Crippen LogP contribution >= 0.6 is 11.6 Å². The van der Waals surface area contributed by atoms with E-state index in [0.29, 0.717) is 106 Å². The summed E-state index contributed by atoms with van der Waals surface area (Å²) in [5, 5.41) is 19.0. The molecule has 2 aliphatic rings. The van der Waals surface area contributed by atoms with Crippen LogP contribution in [-0.2, 0) is 27.2 Å². The van der Waals surface area contributed by atoms with Crippen LogP contribution in [0.3, 0.4) is 0 Å². The van der Waals surface area contributed by atoms with Crippen LogP contribution in [-0.4, -0.2) is 184 Å². The lowest BCUT2D eigenvalue weighted by Crippen LogP contribution is -2.47. The number of nitrogens with one attached hydrogen (secondary N) is 3. The average molecular weight is 1260 g/mol. The summed E-state index contributed by atoms with van der Waals surface area (Å²) in [5.74, 6) is 0.714. The molecule has 0 bridgehead atoms. The summed E-state index contributed by atoms with van der Waals surface area (Å²) in [6, 6.07) is 12.3. The third kappa shape index (κ3) is 23.0. The molecule has 4 N–H and O–H groups in total. The number of carboxylic acids is 1. The van der Waals surface area contributed by atoms with Crippen molar-refractivity contribution < 1.29 is 48.1 Å². The lowest BCUT2D eigenvalue weighted by molar-refractivity contribution is -0.155. The van der Waals surface area contributed by atoms with Gasteiger partial charge in [-0.3, -0.25) is 14.6 Å². The third-order valence-corrected chi connectivity index (χ3v) is 14.8. The Morgan fingerprint density at radius 1 is 0.596 bits per heavy atom. The van der Waals surface area contributed by atoms with E-state index in [1.807, 2.05) is 65.2 Å². The van der Waals surface area contributed by atoms with E-state index in [9.17, 15) is 33.9 Å². The minimum Gasteiger partial charge on any atom is -0.480 e. The normalized spacial score (nSPS) is 13.5. The molecule has 25 heteroatoms. The van der Waals surface area contributed by atoms with Crippen molar-refractivity contribution in [2.24, 2.45) is 0 Å². The van der Waals surface area contributed by atoms with Gasteiger partial charge in [0.15, 0.2) is 11.6 Å². The zero-order valence-electron chi connectivity index (χ0n) is 55.2. The van der Waals surface area contributed by atoms with E-state index in [1.54, 1.807) is 102 Å². The third-order valence-electron chi connectivity index (χ3n) is 14.6. The number of halogens is 1. The Balaban J connectivity index is 0.000000348. The van der Waals surface area contributed by atoms with Crippen LogP contribution in [0, 0.1) is 0 Å². The second-order valence-electron chi connectivity index (χ2n) is 22.9. The van der Waals surface area contributed by atoms with Gasteiger partial charge in [-0.2, -0.15) is 9.97 Å². The van der Waals surface area contributed by atoms with Crippen molar-refractivity contribution in [2.45, 2.75) is 172 Å². The summed E-state index contributed by atoms with van der Waals surface area (Å²) in [6.07, 6.45) is 6.65. The van der Waals surface area contributed by atoms with Crippen LogP contribution in [0.4, 0.5) is 54.1 Å². The fourth-order valence-corrected chi connectivity index (χ4v) is 10.0. The minimum absolute atomic E-state index is 0.0202. The zero-order valence-corrected chi connectivity index (χ0v) is 56.0. The maximum atomic E-state index is 13.5. The van der Waals surface area contributed by atoms with Crippen molar-refractivity contribution in [3.8, 4) is 11.5 Å². The fourth-order valence-electron chi connectivity index (χ4n) is 9.83. The van der Waals surface area contributed by atoms with Crippen molar-refractivity contribution in [3.05, 3.63) is 72.1 Å². The Labute approximate surface area is 532 Å². The number of carboxylic acid groups (broad SMARTS) is 1. The number of rotatable bonds is 26. The highest BCUT2D eigenvalue weighted by molar-refractivity contribution is 6.66. The van der Waals surface area contributed by atoms with Gasteiger partial charge in [-0.05, 0) is 162 Å². The molecule has 2 atom stereocenters. The number of hydrogen-bond acceptors (Lipinski definition) is 18. The summed E-state index contributed by atoms with van der Waals surface area (Å²) in [5.41, 5.74) is 1.56. The summed E-state index contributed by atoms with van der Waals surface area (Å²) >= 11 is 5.88. The van der Waals surface area contributed by atoms with Crippen LogP contribution in [0.5, 0.6) is 11.5 Å². The summed E-state index contributed by atoms with van der Waals surface area (Å²) in [4.78, 5) is 107. The Hall–Kier alpha value is -7.73. The lowest BCUT2D eigenvalue weighted by atomic mass is 10.0. The first-order valence-electron chi connectivity index (χ1n) is 31.5. The molecule has 4 aromatic rings. The quantitative estimate of drug-likeness (QED) is 0.0259. The van der Waals surface area contributed by atoms with Gasteiger partial charge in [0.05, 0.1) is 12.4 Å². The minimum atomic E-state index is -1.07. The molecule has 4 heterocycles. The predicted molar refractivity (Wildman–Crippen MR) is 352 cm³/mol. The fraction of sp³-hybridized carbons (Fsp3) is 0.594. The first-order valence-corrected chi connectivity index (χ1v) is 31.9. The monoisotopic (exact) mass is 1260 g/mol. The van der Waals surface area contributed by atoms with Crippen LogP contribution in [0.1, 0.15) is 141 Å². The highest BCUT2D eigenvalue weighted by Crippen LogP contribution is 2.31. The highest BCUT2D eigenvalue weighted by atomic mass is 35.5. The zero-order chi connectivity index (χ0) is 66.0. The first-order chi connectivity index (χ1) is 42.3. The largest absolute Gasteiger partial charge is 0.480 e. The molecule has 0 radical (unpaired) electrons. The Morgan fingerprint density at radius 3 is 1.33 bits per heavy atom. The van der Waals surface area contributed by atoms with E-state index in [4.69, 9.17) is 35.8 Å². The molecular weight excluding hydrogens is 1160 g/mol. The van der Waals surface area contributed by atoms with E-state index >= 15 is 0 Å². The Kier molecular flexibility index (Phi) is 30.4. The lowest BCUT2D eigenvalue weighted by Gasteiger charge is -2.33. The first kappa shape index (κ1) is 73.7. The topological polar surface area (TPSA) is 261 Å². The predicted octanol–water partition coefficient (Wildman–Crippen LogP) is 11.2. The number of likely N-dealkylation sites (tertiary alicyclic amines) is 2. The average Bonchev–Trinajstić information content (AvgIpc) is 4.44. The number of carbonyl (C=O) groups is 6. The van der Waals surface area contributed by atoms with Gasteiger partial charge in [-0.25, -0.2) is 33.9 Å². The van der Waals surface area contributed by atoms with Gasteiger partial charge in [0, 0.05) is 96.9 Å². The smallest absolute Gasteiger partial charge is 0.415 e. The molecule has 89 heavy (non-hydrogen) atoms. The maximum Gasteiger partial charge on any atom is 0.415 e. The van der Waals surface area contributed by atoms with Crippen molar-refractivity contribution in [3.63, 3.8) is 0 Å². The van der Waals surface area contributed by atoms with E-state index in [-0.39, 0.29) is 55.3 Å². The van der Waals surface area contributed by atoms with Crippen molar-refractivity contribution >= 4 is 82.0 Å². The molecule has 0 unspecified atom stereocenters. The number of carbonyl (C=O) groups excluding carboxylic acids is 5. The number of ether oxygens (including phenoxy) is 3. The molecule has 2 aromatic carbocycles. The van der Waals surface area contributed by atoms with Crippen LogP contribution in [0.2, 0.25) is 0 Å². The van der Waals surface area contributed by atoms with Gasteiger partial charge in [-0.1, -0.05) is 45.0 Å². The molecule has 5 amide bonds. The number of aromatic nitrogens is 4. The molecule has 2 aromatic heterocycles. The molecule has 2 fully saturated rings. The molecule has 24 nitrogen and oxygen atoms in total. The summed E-state index contributed by atoms with van der Waals surface area (Å²) in [7, 11) is 0. The highest BCUT2D eigenvalue weighted by Gasteiger charge is 2.31. The standard InChI is InChI=1S/C30H45N7O5.C29H41ClN6O5.C5H13N/c1-7-34(8-2)28-31-20-25(37(10-4)29(40)36(9-3)21(5)6)26(33-28)32-24(27(38)39)19-22-13-15-23(16-14-22)42-30(41)35-17-11-12-18-35;1-7-34(8-2)27-31-19-23(36(9-3)26(30)38)24(33-27)32-22(25(37)41-29(4,5)6)18-20-12-14-21(15-13-20)40-28(39)35-16-10-11-17-35;1-4-6-5(2)3/h13-16,20-21,24H,7-12,17-19H2,1-6H3,(H,38,39)(H,31,32,33);12-15,19,22H,7-11,16-18H2,1-6H3,(H,31,32,33);5-6H,4H2,1-3H3/t24-;22-;/m00./s1. The molecule has 0 saturated carbocycles. The molecule has 6 rings (SSSR count). The summed E-state index contributed by atoms with van der Waals surface area (Å²) in [6.45, 7) is 36.9. The van der Waals surface area contributed by atoms with Crippen LogP contribution in [0.25, 0.3) is 0 Å². The van der Waals surface area contributed by atoms with Gasteiger partial charge in [0.25, 0.3) is 0 Å². The second kappa shape index (κ2) is 36.7. The van der Waals surface area contributed by atoms with Gasteiger partial charge < -0.3 is 59.8 Å². The number of amides is 5. The van der Waals surface area contributed by atoms with Gasteiger partial charge in [0.1, 0.15) is 40.6 Å². The summed E-state index contributed by atoms with van der Waals surface area (Å²) < 4.78 is 16.7. The number of esters is 1. The van der Waals surface area contributed by atoms with E-state index in [1.165, 1.54) is 11.1 Å². The second-order valence-corrected chi connectivity index (χ2v) is 23.2. The Morgan fingerprint density at radius 2 is 1.00 bits per heavy atom. The van der Waals surface area contributed by atoms with E-state index in [0.717, 1.165) is 43.4 Å². The Bertz CT molecular complexity index is 2860. The van der Waals surface area contributed by atoms with Gasteiger partial charge in [0.2, 0.25) is 11.9 Å². The van der Waals surface area contributed by atoms with Crippen LogP contribution in [0.15, 0.2) is 60.9 Å². The molecule has 492 valence electrons. The van der Waals surface area contributed by atoms with E-state index < -0.39 is 35.0 Å². The van der Waals surface area contributed by atoms with Crippen LogP contribution < -0.4 is 45.0 Å². The number of benzene rings is 2. The molecule has 0 spiro atoms. The number of anilines is 6. The van der Waals surface area contributed by atoms with Crippen molar-refractivity contribution in [2.75, 3.05) is 109 Å². The molecule has 2 aliphatic heterocycles. The van der Waals surface area contributed by atoms with Crippen molar-refractivity contribution in [1.82, 2.24) is 40.0 Å². The van der Waals surface area contributed by atoms with Crippen molar-refractivity contribution in [1.29, 1.82) is 0 Å². The molecule has 0 aliphatic carbocycles. The maximum absolute atomic E-state index is 13.5.